The van der Waals surface area contributed by atoms with Crippen molar-refractivity contribution < 1.29 is 13.2 Å². The molecular weight excluding hydrogens is 374 g/mol. The summed E-state index contributed by atoms with van der Waals surface area (Å²) in [7, 11) is -1.71. The number of fused-ring (bicyclic) bond motifs is 1. The SMILES string of the molecule is CC1Cc2ccccc2N1S(=O)(=O)c1cccc(C(=O)N2CCN(C)CC2)c1. The number of carbonyl (C=O) groups is 1. The third-order valence-corrected chi connectivity index (χ3v) is 7.50. The lowest BCUT2D eigenvalue weighted by Crippen LogP contribution is -2.47. The van der Waals surface area contributed by atoms with Crippen molar-refractivity contribution in [1.82, 2.24) is 9.80 Å². The number of carbonyl (C=O) groups excluding carboxylic acids is 1. The minimum Gasteiger partial charge on any atom is -0.336 e. The van der Waals surface area contributed by atoms with Gasteiger partial charge < -0.3 is 9.80 Å². The third kappa shape index (κ3) is 3.29. The summed E-state index contributed by atoms with van der Waals surface area (Å²) in [5, 5.41) is 0. The van der Waals surface area contributed by atoms with Crippen LogP contribution in [-0.4, -0.2) is 63.4 Å². The molecule has 0 saturated carbocycles. The number of likely N-dealkylation sites (N-methyl/N-ethyl adjacent to an activating group) is 1. The zero-order valence-corrected chi connectivity index (χ0v) is 17.0. The second kappa shape index (κ2) is 7.22. The lowest BCUT2D eigenvalue weighted by Gasteiger charge is -2.32. The van der Waals surface area contributed by atoms with Crippen molar-refractivity contribution in [1.29, 1.82) is 0 Å². The van der Waals surface area contributed by atoms with Crippen LogP contribution >= 0.6 is 0 Å². The molecule has 0 aromatic heterocycles. The number of hydrogen-bond acceptors (Lipinski definition) is 4. The van der Waals surface area contributed by atoms with E-state index in [2.05, 4.69) is 4.90 Å². The Bertz CT molecular complexity index is 997. The van der Waals surface area contributed by atoms with Crippen LogP contribution in [0.4, 0.5) is 5.69 Å². The third-order valence-electron chi connectivity index (χ3n) is 5.57. The van der Waals surface area contributed by atoms with Crippen LogP contribution in [0.1, 0.15) is 22.8 Å². The maximum absolute atomic E-state index is 13.4. The minimum absolute atomic E-state index is 0.111. The van der Waals surface area contributed by atoms with Gasteiger partial charge in [0, 0.05) is 37.8 Å². The molecular formula is C21H25N3O3S. The topological polar surface area (TPSA) is 60.9 Å². The number of sulfonamides is 1. The van der Waals surface area contributed by atoms with Crippen LogP contribution in [0.3, 0.4) is 0 Å². The summed E-state index contributed by atoms with van der Waals surface area (Å²) in [6.07, 6.45) is 0.690. The first-order chi connectivity index (χ1) is 13.4. The van der Waals surface area contributed by atoms with E-state index in [9.17, 15) is 13.2 Å². The van der Waals surface area contributed by atoms with E-state index in [1.807, 2.05) is 38.2 Å². The Labute approximate surface area is 166 Å². The first-order valence-corrected chi connectivity index (χ1v) is 11.0. The number of anilines is 1. The van der Waals surface area contributed by atoms with Crippen molar-refractivity contribution in [3.8, 4) is 0 Å². The Kier molecular flexibility index (Phi) is 4.89. The quantitative estimate of drug-likeness (QED) is 0.794. The summed E-state index contributed by atoms with van der Waals surface area (Å²) in [4.78, 5) is 17.0. The van der Waals surface area contributed by atoms with Gasteiger partial charge in [0.15, 0.2) is 0 Å². The molecule has 2 aromatic rings. The molecule has 7 heteroatoms. The number of hydrogen-bond donors (Lipinski definition) is 0. The fourth-order valence-corrected chi connectivity index (χ4v) is 5.74. The number of benzene rings is 2. The molecule has 6 nitrogen and oxygen atoms in total. The molecule has 1 atom stereocenters. The zero-order valence-electron chi connectivity index (χ0n) is 16.2. The van der Waals surface area contributed by atoms with Crippen molar-refractivity contribution >= 4 is 21.6 Å². The normalized spacial score (nSPS) is 20.3. The summed E-state index contributed by atoms with van der Waals surface area (Å²) in [6.45, 7) is 4.88. The van der Waals surface area contributed by atoms with Gasteiger partial charge in [-0.05, 0) is 50.2 Å². The van der Waals surface area contributed by atoms with Gasteiger partial charge in [0.05, 0.1) is 10.6 Å². The monoisotopic (exact) mass is 399 g/mol. The number of amides is 1. The molecule has 0 aliphatic carbocycles. The molecule has 0 spiro atoms. The average Bonchev–Trinajstić information content (AvgIpc) is 3.04. The van der Waals surface area contributed by atoms with Crippen LogP contribution < -0.4 is 4.31 Å². The van der Waals surface area contributed by atoms with Gasteiger partial charge in [-0.2, -0.15) is 0 Å². The molecule has 0 N–H and O–H groups in total. The maximum atomic E-state index is 13.4. The lowest BCUT2D eigenvalue weighted by atomic mass is 10.1. The highest BCUT2D eigenvalue weighted by atomic mass is 32.2. The molecule has 2 aliphatic heterocycles. The van der Waals surface area contributed by atoms with Crippen LogP contribution in [0.25, 0.3) is 0 Å². The molecule has 1 saturated heterocycles. The Morgan fingerprint density at radius 2 is 1.71 bits per heavy atom. The molecule has 2 aliphatic rings. The Balaban J connectivity index is 1.65. The minimum atomic E-state index is -3.74. The maximum Gasteiger partial charge on any atom is 0.264 e. The molecule has 2 aromatic carbocycles. The highest BCUT2D eigenvalue weighted by Gasteiger charge is 2.36. The van der Waals surface area contributed by atoms with Gasteiger partial charge in [-0.3, -0.25) is 9.10 Å². The van der Waals surface area contributed by atoms with Crippen molar-refractivity contribution in [2.24, 2.45) is 0 Å². The number of piperazine rings is 1. The molecule has 1 fully saturated rings. The van der Waals surface area contributed by atoms with Gasteiger partial charge in [0.25, 0.3) is 15.9 Å². The number of para-hydroxylation sites is 1. The van der Waals surface area contributed by atoms with Gasteiger partial charge in [0.1, 0.15) is 0 Å². The fourth-order valence-electron chi connectivity index (χ4n) is 4.00. The van der Waals surface area contributed by atoms with Gasteiger partial charge in [-0.25, -0.2) is 8.42 Å². The van der Waals surface area contributed by atoms with Crippen LogP contribution in [-0.2, 0) is 16.4 Å². The van der Waals surface area contributed by atoms with Crippen LogP contribution in [0.5, 0.6) is 0 Å². The summed E-state index contributed by atoms with van der Waals surface area (Å²) in [6, 6.07) is 13.9. The first-order valence-electron chi connectivity index (χ1n) is 9.58. The summed E-state index contributed by atoms with van der Waals surface area (Å²) in [5.74, 6) is -0.111. The molecule has 1 amide bonds. The van der Waals surface area contributed by atoms with E-state index in [1.54, 1.807) is 23.1 Å². The van der Waals surface area contributed by atoms with E-state index in [-0.39, 0.29) is 16.8 Å². The molecule has 2 heterocycles. The summed E-state index contributed by atoms with van der Waals surface area (Å²) in [5.41, 5.74) is 2.18. The van der Waals surface area contributed by atoms with Gasteiger partial charge in [-0.15, -0.1) is 0 Å². The van der Waals surface area contributed by atoms with Gasteiger partial charge in [0.2, 0.25) is 0 Å². The van der Waals surface area contributed by atoms with E-state index in [4.69, 9.17) is 0 Å². The fraction of sp³-hybridized carbons (Fsp3) is 0.381. The predicted molar refractivity (Wildman–Crippen MR) is 109 cm³/mol. The summed E-state index contributed by atoms with van der Waals surface area (Å²) < 4.78 is 28.3. The van der Waals surface area contributed by atoms with Crippen LogP contribution in [0.2, 0.25) is 0 Å². The smallest absolute Gasteiger partial charge is 0.264 e. The second-order valence-electron chi connectivity index (χ2n) is 7.61. The van der Waals surface area contributed by atoms with Gasteiger partial charge >= 0.3 is 0 Å². The molecule has 148 valence electrons. The summed E-state index contributed by atoms with van der Waals surface area (Å²) >= 11 is 0. The molecule has 4 rings (SSSR count). The number of nitrogens with zero attached hydrogens (tertiary/aromatic N) is 3. The van der Waals surface area contributed by atoms with Crippen molar-refractivity contribution in [3.05, 3.63) is 59.7 Å². The van der Waals surface area contributed by atoms with Crippen LogP contribution in [0, 0.1) is 0 Å². The van der Waals surface area contributed by atoms with Crippen molar-refractivity contribution in [3.63, 3.8) is 0 Å². The first kappa shape index (κ1) is 19.0. The number of rotatable bonds is 3. The molecule has 28 heavy (non-hydrogen) atoms. The van der Waals surface area contributed by atoms with E-state index >= 15 is 0 Å². The molecule has 1 unspecified atom stereocenters. The van der Waals surface area contributed by atoms with Crippen LogP contribution in [0.15, 0.2) is 53.4 Å². The van der Waals surface area contributed by atoms with E-state index in [1.165, 1.54) is 10.4 Å². The average molecular weight is 400 g/mol. The van der Waals surface area contributed by atoms with E-state index in [0.29, 0.717) is 25.1 Å². The Hall–Kier alpha value is -2.38. The predicted octanol–water partition coefficient (Wildman–Crippen LogP) is 2.21. The van der Waals surface area contributed by atoms with Crippen molar-refractivity contribution in [2.45, 2.75) is 24.3 Å². The standard InChI is InChI=1S/C21H25N3O3S/c1-16-14-17-6-3-4-9-20(17)24(16)28(26,27)19-8-5-7-18(15-19)21(25)23-12-10-22(2)11-13-23/h3-9,15-16H,10-14H2,1-2H3. The van der Waals surface area contributed by atoms with Gasteiger partial charge in [-0.1, -0.05) is 24.3 Å². The van der Waals surface area contributed by atoms with E-state index < -0.39 is 10.0 Å². The Morgan fingerprint density at radius 1 is 1.00 bits per heavy atom. The van der Waals surface area contributed by atoms with Crippen molar-refractivity contribution in [2.75, 3.05) is 37.5 Å². The largest absolute Gasteiger partial charge is 0.336 e. The molecule has 0 radical (unpaired) electrons. The highest BCUT2D eigenvalue weighted by molar-refractivity contribution is 7.92. The second-order valence-corrected chi connectivity index (χ2v) is 9.42. The Morgan fingerprint density at radius 3 is 2.46 bits per heavy atom. The lowest BCUT2D eigenvalue weighted by molar-refractivity contribution is 0.0664. The zero-order chi connectivity index (χ0) is 19.9. The highest BCUT2D eigenvalue weighted by Crippen LogP contribution is 2.36. The van der Waals surface area contributed by atoms with E-state index in [0.717, 1.165) is 24.3 Å². The molecule has 0 bridgehead atoms.